The normalized spacial score (nSPS) is 12.0. The van der Waals surface area contributed by atoms with Gasteiger partial charge in [0.1, 0.15) is 6.26 Å². The standard InChI is InChI=1S/C8H13NO2/c1-6-7(5-11-9-6)8(2,3)10-4/h5H,1-4H3. The van der Waals surface area contributed by atoms with E-state index in [2.05, 4.69) is 5.16 Å². The molecule has 0 saturated heterocycles. The van der Waals surface area contributed by atoms with E-state index in [9.17, 15) is 0 Å². The Balaban J connectivity index is 3.00. The Labute approximate surface area is 66.3 Å². The third-order valence-corrected chi connectivity index (χ3v) is 1.91. The molecule has 0 radical (unpaired) electrons. The topological polar surface area (TPSA) is 35.3 Å². The van der Waals surface area contributed by atoms with Crippen molar-refractivity contribution in [1.82, 2.24) is 5.16 Å². The summed E-state index contributed by atoms with van der Waals surface area (Å²) in [6.07, 6.45) is 1.62. The first kappa shape index (κ1) is 8.27. The molecule has 3 heteroatoms. The van der Waals surface area contributed by atoms with Gasteiger partial charge in [0.2, 0.25) is 0 Å². The first-order valence-corrected chi connectivity index (χ1v) is 3.54. The Morgan fingerprint density at radius 2 is 2.18 bits per heavy atom. The summed E-state index contributed by atoms with van der Waals surface area (Å²) in [5.41, 5.74) is 1.58. The molecule has 0 aliphatic carbocycles. The lowest BCUT2D eigenvalue weighted by atomic mass is 10.00. The van der Waals surface area contributed by atoms with E-state index in [1.807, 2.05) is 20.8 Å². The summed E-state index contributed by atoms with van der Waals surface area (Å²) in [6.45, 7) is 5.86. The van der Waals surface area contributed by atoms with Gasteiger partial charge in [0.05, 0.1) is 11.3 Å². The van der Waals surface area contributed by atoms with Gasteiger partial charge in [-0.2, -0.15) is 0 Å². The number of rotatable bonds is 2. The number of hydrogen-bond acceptors (Lipinski definition) is 3. The molecular weight excluding hydrogens is 142 g/mol. The number of ether oxygens (including phenoxy) is 1. The molecule has 0 aliphatic heterocycles. The zero-order valence-corrected chi connectivity index (χ0v) is 7.34. The summed E-state index contributed by atoms with van der Waals surface area (Å²) < 4.78 is 10.1. The van der Waals surface area contributed by atoms with E-state index in [4.69, 9.17) is 9.26 Å². The SMILES string of the molecule is COC(C)(C)c1conc1C. The molecular formula is C8H13NO2. The number of methoxy groups -OCH3 is 1. The summed E-state index contributed by atoms with van der Waals surface area (Å²) in [4.78, 5) is 0. The zero-order valence-electron chi connectivity index (χ0n) is 7.34. The zero-order chi connectivity index (χ0) is 8.48. The van der Waals surface area contributed by atoms with E-state index < -0.39 is 0 Å². The molecule has 1 aromatic heterocycles. The van der Waals surface area contributed by atoms with Gasteiger partial charge in [0.25, 0.3) is 0 Å². The van der Waals surface area contributed by atoms with E-state index in [0.717, 1.165) is 11.3 Å². The molecule has 0 aliphatic rings. The molecule has 0 fully saturated rings. The minimum absolute atomic E-state index is 0.302. The van der Waals surface area contributed by atoms with Crippen LogP contribution in [-0.4, -0.2) is 12.3 Å². The van der Waals surface area contributed by atoms with E-state index in [1.54, 1.807) is 13.4 Å². The fraction of sp³-hybridized carbons (Fsp3) is 0.625. The summed E-state index contributed by atoms with van der Waals surface area (Å²) in [5.74, 6) is 0. The van der Waals surface area contributed by atoms with E-state index in [0.29, 0.717) is 0 Å². The van der Waals surface area contributed by atoms with Crippen LogP contribution in [0.5, 0.6) is 0 Å². The molecule has 1 rings (SSSR count). The van der Waals surface area contributed by atoms with Crippen LogP contribution < -0.4 is 0 Å². The average Bonchev–Trinajstić information content (AvgIpc) is 2.36. The maximum absolute atomic E-state index is 5.26. The highest BCUT2D eigenvalue weighted by Crippen LogP contribution is 2.25. The van der Waals surface area contributed by atoms with E-state index in [-0.39, 0.29) is 5.60 Å². The average molecular weight is 155 g/mol. The second-order valence-electron chi connectivity index (χ2n) is 3.03. The molecule has 0 spiro atoms. The van der Waals surface area contributed by atoms with Crippen LogP contribution >= 0.6 is 0 Å². The highest BCUT2D eigenvalue weighted by atomic mass is 16.5. The van der Waals surface area contributed by atoms with Crippen LogP contribution in [0.1, 0.15) is 25.1 Å². The first-order valence-electron chi connectivity index (χ1n) is 3.54. The summed E-state index contributed by atoms with van der Waals surface area (Å²) in [5, 5.41) is 3.78. The van der Waals surface area contributed by atoms with Crippen molar-refractivity contribution in [2.75, 3.05) is 7.11 Å². The first-order chi connectivity index (χ1) is 5.08. The molecule has 3 nitrogen and oxygen atoms in total. The lowest BCUT2D eigenvalue weighted by Crippen LogP contribution is -2.19. The van der Waals surface area contributed by atoms with Crippen molar-refractivity contribution in [2.24, 2.45) is 0 Å². The van der Waals surface area contributed by atoms with Gasteiger partial charge >= 0.3 is 0 Å². The van der Waals surface area contributed by atoms with Gasteiger partial charge in [0.15, 0.2) is 0 Å². The highest BCUT2D eigenvalue weighted by molar-refractivity contribution is 5.19. The van der Waals surface area contributed by atoms with Crippen molar-refractivity contribution in [3.8, 4) is 0 Å². The van der Waals surface area contributed by atoms with Crippen molar-refractivity contribution in [3.05, 3.63) is 17.5 Å². The van der Waals surface area contributed by atoms with Crippen molar-refractivity contribution < 1.29 is 9.26 Å². The van der Waals surface area contributed by atoms with Crippen molar-refractivity contribution in [2.45, 2.75) is 26.4 Å². The molecule has 1 aromatic rings. The number of hydrogen-bond donors (Lipinski definition) is 0. The van der Waals surface area contributed by atoms with Gasteiger partial charge < -0.3 is 9.26 Å². The van der Waals surface area contributed by atoms with Crippen LogP contribution in [0.4, 0.5) is 0 Å². The summed E-state index contributed by atoms with van der Waals surface area (Å²) in [6, 6.07) is 0. The van der Waals surface area contributed by atoms with E-state index in [1.165, 1.54) is 0 Å². The highest BCUT2D eigenvalue weighted by Gasteiger charge is 2.23. The molecule has 0 bridgehead atoms. The second kappa shape index (κ2) is 2.66. The second-order valence-corrected chi connectivity index (χ2v) is 3.03. The fourth-order valence-electron chi connectivity index (χ4n) is 0.980. The lowest BCUT2D eigenvalue weighted by Gasteiger charge is -2.21. The van der Waals surface area contributed by atoms with Crippen LogP contribution in [0.15, 0.2) is 10.8 Å². The van der Waals surface area contributed by atoms with Crippen molar-refractivity contribution >= 4 is 0 Å². The maximum Gasteiger partial charge on any atom is 0.130 e. The van der Waals surface area contributed by atoms with Crippen molar-refractivity contribution in [1.29, 1.82) is 0 Å². The summed E-state index contributed by atoms with van der Waals surface area (Å²) >= 11 is 0. The number of nitrogens with zero attached hydrogens (tertiary/aromatic N) is 1. The van der Waals surface area contributed by atoms with Crippen molar-refractivity contribution in [3.63, 3.8) is 0 Å². The Morgan fingerprint density at radius 3 is 2.55 bits per heavy atom. The monoisotopic (exact) mass is 155 g/mol. The van der Waals surface area contributed by atoms with Gasteiger partial charge in [-0.15, -0.1) is 0 Å². The minimum atomic E-state index is -0.302. The molecule has 0 atom stereocenters. The molecule has 0 saturated carbocycles. The third kappa shape index (κ3) is 1.43. The number of aryl methyl sites for hydroxylation is 1. The number of aromatic nitrogens is 1. The van der Waals surface area contributed by atoms with Crippen LogP contribution in [-0.2, 0) is 10.3 Å². The molecule has 0 unspecified atom stereocenters. The van der Waals surface area contributed by atoms with Gasteiger partial charge in [-0.25, -0.2) is 0 Å². The van der Waals surface area contributed by atoms with Crippen LogP contribution in [0.2, 0.25) is 0 Å². The van der Waals surface area contributed by atoms with Gasteiger partial charge in [-0.05, 0) is 20.8 Å². The predicted octanol–water partition coefficient (Wildman–Crippen LogP) is 1.86. The van der Waals surface area contributed by atoms with Crippen LogP contribution in [0.25, 0.3) is 0 Å². The molecule has 62 valence electrons. The Bertz CT molecular complexity index is 240. The third-order valence-electron chi connectivity index (χ3n) is 1.91. The van der Waals surface area contributed by atoms with Gasteiger partial charge in [-0.3, -0.25) is 0 Å². The van der Waals surface area contributed by atoms with Crippen LogP contribution in [0, 0.1) is 6.92 Å². The molecule has 1 heterocycles. The quantitative estimate of drug-likeness (QED) is 0.654. The fourth-order valence-corrected chi connectivity index (χ4v) is 0.980. The Kier molecular flexibility index (Phi) is 2.00. The Morgan fingerprint density at radius 1 is 1.55 bits per heavy atom. The van der Waals surface area contributed by atoms with Gasteiger partial charge in [0, 0.05) is 12.7 Å². The molecule has 0 amide bonds. The molecule has 11 heavy (non-hydrogen) atoms. The molecule has 0 aromatic carbocycles. The van der Waals surface area contributed by atoms with Gasteiger partial charge in [-0.1, -0.05) is 5.16 Å². The van der Waals surface area contributed by atoms with E-state index >= 15 is 0 Å². The maximum atomic E-state index is 5.26. The molecule has 0 N–H and O–H groups in total. The lowest BCUT2D eigenvalue weighted by molar-refractivity contribution is 0.0183. The largest absolute Gasteiger partial charge is 0.374 e. The summed E-state index contributed by atoms with van der Waals surface area (Å²) in [7, 11) is 1.67. The smallest absolute Gasteiger partial charge is 0.130 e. The Hall–Kier alpha value is -0.830. The van der Waals surface area contributed by atoms with Crippen LogP contribution in [0.3, 0.4) is 0 Å². The minimum Gasteiger partial charge on any atom is -0.374 e. The predicted molar refractivity (Wildman–Crippen MR) is 41.3 cm³/mol.